The van der Waals surface area contributed by atoms with Crippen molar-refractivity contribution in [2.24, 2.45) is 5.92 Å². The van der Waals surface area contributed by atoms with Gasteiger partial charge in [0.1, 0.15) is 5.82 Å². The largest absolute Gasteiger partial charge is 0.465 e. The molecule has 1 aliphatic carbocycles. The molecule has 4 nitrogen and oxygen atoms in total. The number of ether oxygens (including phenoxy) is 1. The number of hydrogen-bond acceptors (Lipinski definition) is 4. The molecule has 2 aromatic heterocycles. The van der Waals surface area contributed by atoms with Gasteiger partial charge in [0, 0.05) is 17.8 Å². The smallest absolute Gasteiger partial charge is 0.337 e. The minimum Gasteiger partial charge on any atom is -0.465 e. The molecular formula is C21H24N2O2S. The summed E-state index contributed by atoms with van der Waals surface area (Å²) in [4.78, 5) is 18.1. The van der Waals surface area contributed by atoms with Crippen LogP contribution >= 0.6 is 11.3 Å². The van der Waals surface area contributed by atoms with Crippen molar-refractivity contribution in [1.82, 2.24) is 9.55 Å². The summed E-state index contributed by atoms with van der Waals surface area (Å²) in [6, 6.07) is 9.98. The Morgan fingerprint density at radius 2 is 2.12 bits per heavy atom. The number of hydrogen-bond donors (Lipinski definition) is 0. The van der Waals surface area contributed by atoms with Crippen molar-refractivity contribution in [3.63, 3.8) is 0 Å². The molecule has 0 aliphatic heterocycles. The van der Waals surface area contributed by atoms with E-state index in [0.717, 1.165) is 35.7 Å². The van der Waals surface area contributed by atoms with Gasteiger partial charge in [-0.2, -0.15) is 0 Å². The van der Waals surface area contributed by atoms with Crippen molar-refractivity contribution in [2.45, 2.75) is 45.1 Å². The van der Waals surface area contributed by atoms with E-state index in [1.807, 2.05) is 18.2 Å². The number of nitrogens with zero attached hydrogens (tertiary/aromatic N) is 2. The van der Waals surface area contributed by atoms with Crippen molar-refractivity contribution >= 4 is 28.3 Å². The molecule has 0 atom stereocenters. The third-order valence-electron chi connectivity index (χ3n) is 5.33. The van der Waals surface area contributed by atoms with Gasteiger partial charge in [-0.05, 0) is 48.4 Å². The maximum atomic E-state index is 11.9. The number of rotatable bonds is 5. The van der Waals surface area contributed by atoms with Gasteiger partial charge in [-0.1, -0.05) is 25.3 Å². The van der Waals surface area contributed by atoms with Crippen molar-refractivity contribution < 1.29 is 9.53 Å². The van der Waals surface area contributed by atoms with E-state index >= 15 is 0 Å². The number of benzene rings is 1. The summed E-state index contributed by atoms with van der Waals surface area (Å²) < 4.78 is 7.24. The van der Waals surface area contributed by atoms with Crippen LogP contribution in [-0.4, -0.2) is 22.6 Å². The monoisotopic (exact) mass is 368 g/mol. The molecule has 1 aromatic carbocycles. The molecule has 3 aromatic rings. The van der Waals surface area contributed by atoms with Crippen LogP contribution in [0.1, 0.15) is 53.2 Å². The molecule has 1 fully saturated rings. The zero-order valence-corrected chi connectivity index (χ0v) is 15.9. The van der Waals surface area contributed by atoms with Crippen LogP contribution in [0.4, 0.5) is 0 Å². The Morgan fingerprint density at radius 1 is 1.27 bits per heavy atom. The Labute approximate surface area is 157 Å². The van der Waals surface area contributed by atoms with Crippen LogP contribution in [0.5, 0.6) is 0 Å². The Balaban J connectivity index is 1.72. The molecule has 0 bridgehead atoms. The van der Waals surface area contributed by atoms with Gasteiger partial charge < -0.3 is 9.30 Å². The first-order chi connectivity index (χ1) is 12.7. The Morgan fingerprint density at radius 3 is 2.85 bits per heavy atom. The number of aromatic nitrogens is 2. The fourth-order valence-electron chi connectivity index (χ4n) is 3.96. The second-order valence-electron chi connectivity index (χ2n) is 7.09. The van der Waals surface area contributed by atoms with Crippen molar-refractivity contribution in [3.05, 3.63) is 52.0 Å². The van der Waals surface area contributed by atoms with E-state index in [0.29, 0.717) is 5.56 Å². The summed E-state index contributed by atoms with van der Waals surface area (Å²) in [5, 5.41) is 2.11. The number of methoxy groups -OCH3 is 1. The first-order valence-electron chi connectivity index (χ1n) is 9.34. The fourth-order valence-corrected chi connectivity index (χ4v) is 4.66. The molecule has 0 saturated heterocycles. The SMILES string of the molecule is COC(=O)c1ccc2c(c1)nc(Cc1cccs1)n2CC1CCCCC1. The van der Waals surface area contributed by atoms with E-state index in [-0.39, 0.29) is 5.97 Å². The lowest BCUT2D eigenvalue weighted by atomic mass is 9.89. The molecule has 1 aliphatic rings. The van der Waals surface area contributed by atoms with Crippen LogP contribution < -0.4 is 0 Å². The van der Waals surface area contributed by atoms with Crippen molar-refractivity contribution in [3.8, 4) is 0 Å². The van der Waals surface area contributed by atoms with Crippen LogP contribution in [0.3, 0.4) is 0 Å². The summed E-state index contributed by atoms with van der Waals surface area (Å²) in [6.45, 7) is 1.02. The number of esters is 1. The van der Waals surface area contributed by atoms with Gasteiger partial charge >= 0.3 is 5.97 Å². The van der Waals surface area contributed by atoms with Gasteiger partial charge in [0.05, 0.1) is 23.7 Å². The van der Waals surface area contributed by atoms with E-state index in [2.05, 4.69) is 22.1 Å². The first-order valence-corrected chi connectivity index (χ1v) is 10.2. The van der Waals surface area contributed by atoms with E-state index in [9.17, 15) is 4.79 Å². The molecule has 0 spiro atoms. The average Bonchev–Trinajstić information content (AvgIpc) is 3.30. The number of carbonyl (C=O) groups is 1. The van der Waals surface area contributed by atoms with Gasteiger partial charge in [0.15, 0.2) is 0 Å². The van der Waals surface area contributed by atoms with Crippen LogP contribution in [0.25, 0.3) is 11.0 Å². The predicted molar refractivity (Wildman–Crippen MR) is 105 cm³/mol. The van der Waals surface area contributed by atoms with Crippen LogP contribution in [0, 0.1) is 5.92 Å². The average molecular weight is 369 g/mol. The minimum absolute atomic E-state index is 0.312. The summed E-state index contributed by atoms with van der Waals surface area (Å²) >= 11 is 1.77. The van der Waals surface area contributed by atoms with Crippen molar-refractivity contribution in [2.75, 3.05) is 7.11 Å². The molecule has 0 radical (unpaired) electrons. The third-order valence-corrected chi connectivity index (χ3v) is 6.20. The van der Waals surface area contributed by atoms with Gasteiger partial charge in [0.25, 0.3) is 0 Å². The van der Waals surface area contributed by atoms with E-state index in [4.69, 9.17) is 9.72 Å². The zero-order valence-electron chi connectivity index (χ0n) is 15.1. The van der Waals surface area contributed by atoms with E-state index in [1.54, 1.807) is 11.3 Å². The van der Waals surface area contributed by atoms with Crippen molar-refractivity contribution in [1.29, 1.82) is 0 Å². The second-order valence-corrected chi connectivity index (χ2v) is 8.13. The molecule has 0 N–H and O–H groups in total. The highest BCUT2D eigenvalue weighted by atomic mass is 32.1. The van der Waals surface area contributed by atoms with Gasteiger partial charge in [0.2, 0.25) is 0 Å². The standard InChI is InChI=1S/C21H24N2O2S/c1-25-21(24)16-9-10-19-18(12-16)22-20(13-17-8-5-11-26-17)23(19)14-15-6-3-2-4-7-15/h5,8-12,15H,2-4,6-7,13-14H2,1H3. The normalized spacial score (nSPS) is 15.4. The summed E-state index contributed by atoms with van der Waals surface area (Å²) in [5.74, 6) is 1.51. The fraction of sp³-hybridized carbons (Fsp3) is 0.429. The topological polar surface area (TPSA) is 44.1 Å². The Hall–Kier alpha value is -2.14. The van der Waals surface area contributed by atoms with E-state index in [1.165, 1.54) is 44.1 Å². The molecule has 0 unspecified atom stereocenters. The number of carbonyl (C=O) groups excluding carboxylic acids is 1. The van der Waals surface area contributed by atoms with Gasteiger partial charge in [-0.25, -0.2) is 9.78 Å². The van der Waals surface area contributed by atoms with Crippen LogP contribution in [-0.2, 0) is 17.7 Å². The van der Waals surface area contributed by atoms with E-state index < -0.39 is 0 Å². The van der Waals surface area contributed by atoms with Gasteiger partial charge in [-0.3, -0.25) is 0 Å². The van der Waals surface area contributed by atoms with Crippen LogP contribution in [0.15, 0.2) is 35.7 Å². The Bertz CT molecular complexity index is 892. The molecule has 1 saturated carbocycles. The first kappa shape index (κ1) is 17.3. The number of thiophene rings is 1. The maximum Gasteiger partial charge on any atom is 0.337 e. The molecule has 0 amide bonds. The number of imidazole rings is 1. The molecule has 4 rings (SSSR count). The molecule has 26 heavy (non-hydrogen) atoms. The highest BCUT2D eigenvalue weighted by Crippen LogP contribution is 2.29. The summed E-state index contributed by atoms with van der Waals surface area (Å²) in [5.41, 5.74) is 2.56. The predicted octanol–water partition coefficient (Wildman–Crippen LogP) is 5.06. The lowest BCUT2D eigenvalue weighted by molar-refractivity contribution is 0.0601. The highest BCUT2D eigenvalue weighted by molar-refractivity contribution is 7.09. The maximum absolute atomic E-state index is 11.9. The second kappa shape index (κ2) is 7.62. The van der Waals surface area contributed by atoms with Crippen LogP contribution in [0.2, 0.25) is 0 Å². The third kappa shape index (κ3) is 3.54. The van der Waals surface area contributed by atoms with Gasteiger partial charge in [-0.15, -0.1) is 11.3 Å². The zero-order chi connectivity index (χ0) is 17.9. The minimum atomic E-state index is -0.312. The summed E-state index contributed by atoms with van der Waals surface area (Å²) in [6.07, 6.45) is 7.49. The molecule has 136 valence electrons. The molecular weight excluding hydrogens is 344 g/mol. The quantitative estimate of drug-likeness (QED) is 0.592. The lowest BCUT2D eigenvalue weighted by Crippen LogP contribution is -2.16. The molecule has 2 heterocycles. The number of fused-ring (bicyclic) bond motifs is 1. The molecule has 5 heteroatoms. The Kier molecular flexibility index (Phi) is 5.07. The highest BCUT2D eigenvalue weighted by Gasteiger charge is 2.19. The summed E-state index contributed by atoms with van der Waals surface area (Å²) in [7, 11) is 1.41. The lowest BCUT2D eigenvalue weighted by Gasteiger charge is -2.23.